The zero-order valence-electron chi connectivity index (χ0n) is 12.7. The maximum atomic E-state index is 5.66. The van der Waals surface area contributed by atoms with Crippen LogP contribution in [-0.2, 0) is 0 Å². The van der Waals surface area contributed by atoms with Crippen LogP contribution in [0.1, 0.15) is 44.4 Å². The van der Waals surface area contributed by atoms with E-state index in [-0.39, 0.29) is 0 Å². The molecule has 22 heavy (non-hydrogen) atoms. The molecule has 0 bridgehead atoms. The van der Waals surface area contributed by atoms with E-state index >= 15 is 0 Å². The van der Waals surface area contributed by atoms with Gasteiger partial charge in [-0.2, -0.15) is 5.10 Å². The predicted octanol–water partition coefficient (Wildman–Crippen LogP) is 4.06. The Labute approximate surface area is 129 Å². The van der Waals surface area contributed by atoms with Crippen LogP contribution in [0.4, 0.5) is 0 Å². The lowest BCUT2D eigenvalue weighted by Crippen LogP contribution is -2.01. The van der Waals surface area contributed by atoms with Gasteiger partial charge < -0.3 is 4.52 Å². The summed E-state index contributed by atoms with van der Waals surface area (Å²) >= 11 is 0. The maximum absolute atomic E-state index is 5.66. The van der Waals surface area contributed by atoms with Gasteiger partial charge in [-0.1, -0.05) is 11.2 Å². The molecule has 112 valence electrons. The van der Waals surface area contributed by atoms with Crippen LogP contribution in [0.2, 0.25) is 0 Å². The van der Waals surface area contributed by atoms with E-state index in [2.05, 4.69) is 29.1 Å². The summed E-state index contributed by atoms with van der Waals surface area (Å²) in [6, 6.07) is 8.22. The van der Waals surface area contributed by atoms with Crippen molar-refractivity contribution in [1.82, 2.24) is 19.9 Å². The van der Waals surface area contributed by atoms with Crippen LogP contribution in [-0.4, -0.2) is 19.9 Å². The third-order valence-electron chi connectivity index (χ3n) is 3.97. The second-order valence-electron chi connectivity index (χ2n) is 6.03. The minimum atomic E-state index is 0.321. The van der Waals surface area contributed by atoms with Crippen molar-refractivity contribution < 1.29 is 4.52 Å². The Balaban J connectivity index is 1.85. The molecule has 1 aliphatic rings. The van der Waals surface area contributed by atoms with Crippen LogP contribution < -0.4 is 0 Å². The molecule has 3 aromatic rings. The molecule has 0 spiro atoms. The molecular formula is C17H18N4O. The average molecular weight is 294 g/mol. The third kappa shape index (κ3) is 2.22. The molecule has 3 aromatic heterocycles. The van der Waals surface area contributed by atoms with E-state index < -0.39 is 0 Å². The van der Waals surface area contributed by atoms with Crippen molar-refractivity contribution in [2.45, 2.75) is 38.6 Å². The van der Waals surface area contributed by atoms with Crippen molar-refractivity contribution in [2.24, 2.45) is 0 Å². The van der Waals surface area contributed by atoms with Gasteiger partial charge >= 0.3 is 0 Å². The Bertz CT molecular complexity index is 784. The molecule has 0 amide bonds. The predicted molar refractivity (Wildman–Crippen MR) is 83.3 cm³/mol. The standard InChI is InChI=1S/C17H18N4O/c1-11(2)21-10-8-14(19-21)16-15(13-5-3-4-9-18-13)17(22-20-16)12-6-7-12/h3-5,8-12H,6-7H2,1-2H3. The highest BCUT2D eigenvalue weighted by Gasteiger charge is 2.34. The van der Waals surface area contributed by atoms with Crippen LogP contribution in [0.25, 0.3) is 22.6 Å². The first-order valence-corrected chi connectivity index (χ1v) is 7.70. The topological polar surface area (TPSA) is 56.7 Å². The minimum Gasteiger partial charge on any atom is -0.360 e. The fourth-order valence-corrected chi connectivity index (χ4v) is 2.61. The zero-order valence-corrected chi connectivity index (χ0v) is 12.7. The van der Waals surface area contributed by atoms with Crippen molar-refractivity contribution in [3.05, 3.63) is 42.4 Å². The number of nitrogens with zero attached hydrogens (tertiary/aromatic N) is 4. The molecule has 0 aromatic carbocycles. The quantitative estimate of drug-likeness (QED) is 0.728. The normalized spacial score (nSPS) is 14.7. The Morgan fingerprint density at radius 2 is 2.05 bits per heavy atom. The monoisotopic (exact) mass is 294 g/mol. The summed E-state index contributed by atoms with van der Waals surface area (Å²) in [4.78, 5) is 4.49. The van der Waals surface area contributed by atoms with E-state index in [9.17, 15) is 0 Å². The number of hydrogen-bond acceptors (Lipinski definition) is 4. The molecule has 0 atom stereocenters. The summed E-state index contributed by atoms with van der Waals surface area (Å²) in [6.45, 7) is 4.21. The molecule has 1 aliphatic carbocycles. The summed E-state index contributed by atoms with van der Waals surface area (Å²) in [5, 5.41) is 8.93. The molecule has 1 saturated carbocycles. The van der Waals surface area contributed by atoms with Gasteiger partial charge in [0, 0.05) is 24.4 Å². The highest BCUT2D eigenvalue weighted by atomic mass is 16.5. The van der Waals surface area contributed by atoms with Gasteiger partial charge in [0.05, 0.1) is 11.3 Å². The molecule has 0 N–H and O–H groups in total. The van der Waals surface area contributed by atoms with E-state index in [1.165, 1.54) is 0 Å². The van der Waals surface area contributed by atoms with Gasteiger partial charge in [0.1, 0.15) is 17.1 Å². The van der Waals surface area contributed by atoms with Gasteiger partial charge in [-0.3, -0.25) is 9.67 Å². The summed E-state index contributed by atoms with van der Waals surface area (Å²) < 4.78 is 7.59. The number of pyridine rings is 1. The van der Waals surface area contributed by atoms with Crippen LogP contribution in [0.15, 0.2) is 41.2 Å². The van der Waals surface area contributed by atoms with Gasteiger partial charge in [-0.25, -0.2) is 0 Å². The molecule has 3 heterocycles. The molecule has 1 fully saturated rings. The van der Waals surface area contributed by atoms with Crippen molar-refractivity contribution in [3.8, 4) is 22.6 Å². The Hall–Kier alpha value is -2.43. The lowest BCUT2D eigenvalue weighted by Gasteiger charge is -2.04. The van der Waals surface area contributed by atoms with Gasteiger partial charge in [-0.05, 0) is 44.9 Å². The lowest BCUT2D eigenvalue weighted by atomic mass is 10.0. The summed E-state index contributed by atoms with van der Waals surface area (Å²) in [7, 11) is 0. The van der Waals surface area contributed by atoms with Gasteiger partial charge in [0.15, 0.2) is 0 Å². The largest absolute Gasteiger partial charge is 0.360 e. The van der Waals surface area contributed by atoms with E-state index in [0.717, 1.165) is 41.2 Å². The number of hydrogen-bond donors (Lipinski definition) is 0. The Morgan fingerprint density at radius 3 is 2.68 bits per heavy atom. The smallest absolute Gasteiger partial charge is 0.149 e. The second kappa shape index (κ2) is 5.09. The lowest BCUT2D eigenvalue weighted by molar-refractivity contribution is 0.386. The Kier molecular flexibility index (Phi) is 3.06. The molecule has 0 unspecified atom stereocenters. The van der Waals surface area contributed by atoms with Gasteiger partial charge in [-0.15, -0.1) is 0 Å². The second-order valence-corrected chi connectivity index (χ2v) is 6.03. The van der Waals surface area contributed by atoms with Gasteiger partial charge in [0.25, 0.3) is 0 Å². The summed E-state index contributed by atoms with van der Waals surface area (Å²) in [6.07, 6.45) is 6.10. The summed E-state index contributed by atoms with van der Waals surface area (Å²) in [5.41, 5.74) is 3.53. The fraction of sp³-hybridized carbons (Fsp3) is 0.353. The molecule has 5 heteroatoms. The molecule has 0 radical (unpaired) electrons. The van der Waals surface area contributed by atoms with E-state index in [1.807, 2.05) is 35.1 Å². The molecule has 4 rings (SSSR count). The van der Waals surface area contributed by atoms with Crippen LogP contribution in [0, 0.1) is 0 Å². The van der Waals surface area contributed by atoms with Crippen molar-refractivity contribution in [1.29, 1.82) is 0 Å². The molecule has 0 aliphatic heterocycles. The first kappa shape index (κ1) is 13.2. The van der Waals surface area contributed by atoms with Crippen LogP contribution >= 0.6 is 0 Å². The first-order chi connectivity index (χ1) is 10.7. The molecular weight excluding hydrogens is 276 g/mol. The minimum absolute atomic E-state index is 0.321. The maximum Gasteiger partial charge on any atom is 0.149 e. The van der Waals surface area contributed by atoms with E-state index in [1.54, 1.807) is 6.20 Å². The van der Waals surface area contributed by atoms with Crippen molar-refractivity contribution in [3.63, 3.8) is 0 Å². The SMILES string of the molecule is CC(C)n1ccc(-c2noc(C3CC3)c2-c2ccccn2)n1. The van der Waals surface area contributed by atoms with Crippen molar-refractivity contribution in [2.75, 3.05) is 0 Å². The highest BCUT2D eigenvalue weighted by molar-refractivity contribution is 5.79. The Morgan fingerprint density at radius 1 is 1.18 bits per heavy atom. The third-order valence-corrected chi connectivity index (χ3v) is 3.97. The first-order valence-electron chi connectivity index (χ1n) is 7.70. The molecule has 0 saturated heterocycles. The van der Waals surface area contributed by atoms with Crippen LogP contribution in [0.3, 0.4) is 0 Å². The van der Waals surface area contributed by atoms with E-state index in [0.29, 0.717) is 12.0 Å². The van der Waals surface area contributed by atoms with Crippen LogP contribution in [0.5, 0.6) is 0 Å². The number of aromatic nitrogens is 4. The molecule has 5 nitrogen and oxygen atoms in total. The van der Waals surface area contributed by atoms with E-state index in [4.69, 9.17) is 4.52 Å². The van der Waals surface area contributed by atoms with Crippen molar-refractivity contribution >= 4 is 0 Å². The highest BCUT2D eigenvalue weighted by Crippen LogP contribution is 2.46. The number of rotatable bonds is 4. The summed E-state index contributed by atoms with van der Waals surface area (Å²) in [5.74, 6) is 1.43. The van der Waals surface area contributed by atoms with Gasteiger partial charge in [0.2, 0.25) is 0 Å². The fourth-order valence-electron chi connectivity index (χ4n) is 2.61. The average Bonchev–Trinajstić information content (AvgIpc) is 3.10. The zero-order chi connectivity index (χ0) is 15.1.